The van der Waals surface area contributed by atoms with Gasteiger partial charge in [-0.15, -0.1) is 0 Å². The molecule has 1 amide bonds. The molecule has 1 N–H and O–H groups in total. The molecular formula is C29H23Cl2NO8. The summed E-state index contributed by atoms with van der Waals surface area (Å²) in [6.07, 6.45) is 0. The molecule has 11 heteroatoms. The molecule has 1 saturated heterocycles. The molecule has 4 atom stereocenters. The minimum absolute atomic E-state index is 0.0232. The lowest BCUT2D eigenvalue weighted by Gasteiger charge is -2.39. The van der Waals surface area contributed by atoms with E-state index in [1.54, 1.807) is 18.2 Å². The van der Waals surface area contributed by atoms with Crippen LogP contribution >= 0.6 is 23.2 Å². The largest absolute Gasteiger partial charge is 0.492 e. The molecule has 3 aromatic carbocycles. The molecule has 7 rings (SSSR count). The van der Waals surface area contributed by atoms with E-state index in [1.807, 2.05) is 24.3 Å². The van der Waals surface area contributed by atoms with Crippen molar-refractivity contribution in [2.24, 2.45) is 11.8 Å². The number of hydrogen-bond acceptors (Lipinski definition) is 8. The predicted molar refractivity (Wildman–Crippen MR) is 143 cm³/mol. The summed E-state index contributed by atoms with van der Waals surface area (Å²) in [4.78, 5) is 27.3. The molecule has 1 aliphatic carbocycles. The van der Waals surface area contributed by atoms with E-state index in [1.165, 1.54) is 7.11 Å². The van der Waals surface area contributed by atoms with E-state index >= 15 is 0 Å². The van der Waals surface area contributed by atoms with Gasteiger partial charge in [0.15, 0.2) is 23.0 Å². The number of rotatable bonds is 5. The molecule has 1 fully saturated rings. The zero-order chi connectivity index (χ0) is 27.5. The van der Waals surface area contributed by atoms with E-state index < -0.39 is 29.6 Å². The van der Waals surface area contributed by atoms with E-state index in [-0.39, 0.29) is 32.6 Å². The lowest BCUT2D eigenvalue weighted by atomic mass is 9.62. The number of ether oxygens (including phenoxy) is 6. The fraction of sp³-hybridized carbons (Fsp3) is 0.310. The summed E-state index contributed by atoms with van der Waals surface area (Å²) in [6.45, 7) is 0.457. The number of methoxy groups -OCH3 is 1. The molecule has 4 aliphatic rings. The standard InChI is InChI=1S/C29H23Cl2NO8/c1-35-27-23-15(8-21-26(27)40-12-39-21)22(14-3-5-19-20(7-14)38-11-37-19)24(16-10-36-29(34)25(16)23)28(33)32-9-13-2-4-17(30)18(31)6-13/h2-8,16,22,24-25H,9-12H2,1H3,(H,32,33)/t16-,22+,24-,25-/m0/s1. The number of fused-ring (bicyclic) bond motifs is 5. The SMILES string of the molecule is COc1c2c(cc3c1[C@H]1C(=O)OC[C@H]1[C@H](C(=O)NCc1ccc(Cl)c(Cl)c1)[C@@H]3c1ccc3c(c1)OCO3)OCO2. The van der Waals surface area contributed by atoms with Gasteiger partial charge < -0.3 is 33.7 Å². The normalized spacial score (nSPS) is 23.3. The third-order valence-corrected chi connectivity index (χ3v) is 8.71. The molecule has 40 heavy (non-hydrogen) atoms. The van der Waals surface area contributed by atoms with Crippen LogP contribution in [0.15, 0.2) is 42.5 Å². The molecular weight excluding hydrogens is 561 g/mol. The Morgan fingerprint density at radius 1 is 0.925 bits per heavy atom. The molecule has 0 aromatic heterocycles. The van der Waals surface area contributed by atoms with Crippen LogP contribution in [0, 0.1) is 11.8 Å². The van der Waals surface area contributed by atoms with Crippen molar-refractivity contribution in [2.45, 2.75) is 18.4 Å². The highest BCUT2D eigenvalue weighted by atomic mass is 35.5. The molecule has 0 saturated carbocycles. The van der Waals surface area contributed by atoms with Crippen LogP contribution in [-0.4, -0.2) is 39.2 Å². The fourth-order valence-electron chi connectivity index (χ4n) is 6.24. The lowest BCUT2D eigenvalue weighted by Crippen LogP contribution is -2.44. The number of carbonyl (C=O) groups is 2. The molecule has 206 valence electrons. The van der Waals surface area contributed by atoms with Crippen molar-refractivity contribution in [3.63, 3.8) is 0 Å². The van der Waals surface area contributed by atoms with Gasteiger partial charge in [0.1, 0.15) is 0 Å². The smallest absolute Gasteiger partial charge is 0.314 e. The van der Waals surface area contributed by atoms with E-state index in [4.69, 9.17) is 51.6 Å². The number of hydrogen-bond donors (Lipinski definition) is 1. The molecule has 3 aliphatic heterocycles. The minimum Gasteiger partial charge on any atom is -0.492 e. The maximum atomic E-state index is 14.1. The van der Waals surface area contributed by atoms with Crippen molar-refractivity contribution in [1.82, 2.24) is 5.32 Å². The van der Waals surface area contributed by atoms with Gasteiger partial charge >= 0.3 is 5.97 Å². The first-order valence-corrected chi connectivity index (χ1v) is 13.5. The second-order valence-corrected chi connectivity index (χ2v) is 10.8. The van der Waals surface area contributed by atoms with Crippen LogP contribution in [-0.2, 0) is 20.9 Å². The van der Waals surface area contributed by atoms with Crippen molar-refractivity contribution >= 4 is 35.1 Å². The van der Waals surface area contributed by atoms with Crippen LogP contribution in [0.25, 0.3) is 0 Å². The molecule has 3 heterocycles. The first-order chi connectivity index (χ1) is 19.4. The van der Waals surface area contributed by atoms with Gasteiger partial charge in [0.2, 0.25) is 25.2 Å². The van der Waals surface area contributed by atoms with Crippen LogP contribution in [0.5, 0.6) is 28.7 Å². The van der Waals surface area contributed by atoms with Crippen molar-refractivity contribution in [2.75, 3.05) is 27.3 Å². The zero-order valence-corrected chi connectivity index (χ0v) is 22.7. The third kappa shape index (κ3) is 3.90. The van der Waals surface area contributed by atoms with Crippen LogP contribution in [0.2, 0.25) is 10.0 Å². The van der Waals surface area contributed by atoms with E-state index in [0.717, 1.165) is 16.7 Å². The average molecular weight is 584 g/mol. The molecule has 0 unspecified atom stereocenters. The summed E-state index contributed by atoms with van der Waals surface area (Å²) in [5.41, 5.74) is 2.99. The van der Waals surface area contributed by atoms with Crippen LogP contribution in [0.1, 0.15) is 34.1 Å². The number of cyclic esters (lactones) is 1. The third-order valence-electron chi connectivity index (χ3n) is 7.97. The zero-order valence-electron chi connectivity index (χ0n) is 21.2. The van der Waals surface area contributed by atoms with Gasteiger partial charge in [0.25, 0.3) is 0 Å². The second-order valence-electron chi connectivity index (χ2n) is 10.0. The minimum atomic E-state index is -0.717. The summed E-state index contributed by atoms with van der Waals surface area (Å²) in [5.74, 6) is -0.423. The van der Waals surface area contributed by atoms with Crippen molar-refractivity contribution in [3.05, 3.63) is 74.8 Å². The molecule has 0 spiro atoms. The Kier molecular flexibility index (Phi) is 6.09. The first kappa shape index (κ1) is 25.2. The Morgan fingerprint density at radius 3 is 2.55 bits per heavy atom. The Bertz CT molecular complexity index is 1560. The summed E-state index contributed by atoms with van der Waals surface area (Å²) >= 11 is 12.3. The van der Waals surface area contributed by atoms with E-state index in [9.17, 15) is 9.59 Å². The van der Waals surface area contributed by atoms with Crippen molar-refractivity contribution < 1.29 is 38.0 Å². The van der Waals surface area contributed by atoms with E-state index in [0.29, 0.717) is 44.4 Å². The Hall–Kier alpha value is -3.82. The predicted octanol–water partition coefficient (Wildman–Crippen LogP) is 4.79. The van der Waals surface area contributed by atoms with E-state index in [2.05, 4.69) is 5.32 Å². The van der Waals surface area contributed by atoms with Gasteiger partial charge in [-0.3, -0.25) is 9.59 Å². The fourth-order valence-corrected chi connectivity index (χ4v) is 6.57. The highest BCUT2D eigenvalue weighted by Gasteiger charge is 2.55. The van der Waals surface area contributed by atoms with Gasteiger partial charge in [0.05, 0.1) is 35.6 Å². The van der Waals surface area contributed by atoms with Crippen LogP contribution < -0.4 is 29.0 Å². The Labute approximate surface area is 239 Å². The number of benzene rings is 3. The van der Waals surface area contributed by atoms with Gasteiger partial charge in [-0.2, -0.15) is 0 Å². The number of nitrogens with one attached hydrogen (secondary N) is 1. The Morgan fingerprint density at radius 2 is 1.73 bits per heavy atom. The number of amides is 1. The molecule has 0 bridgehead atoms. The average Bonchev–Trinajstić information content (AvgIpc) is 3.71. The molecule has 0 radical (unpaired) electrons. The van der Waals surface area contributed by atoms with Gasteiger partial charge in [-0.25, -0.2) is 0 Å². The summed E-state index contributed by atoms with van der Waals surface area (Å²) < 4.78 is 34.0. The molecule has 9 nitrogen and oxygen atoms in total. The molecule has 3 aromatic rings. The second kappa shape index (κ2) is 9.67. The van der Waals surface area contributed by atoms with Crippen molar-refractivity contribution in [1.29, 1.82) is 0 Å². The highest BCUT2D eigenvalue weighted by Crippen LogP contribution is 2.59. The van der Waals surface area contributed by atoms with Gasteiger partial charge in [-0.05, 0) is 47.0 Å². The van der Waals surface area contributed by atoms with Gasteiger partial charge in [0, 0.05) is 23.9 Å². The number of esters is 1. The summed E-state index contributed by atoms with van der Waals surface area (Å²) in [5, 5.41) is 3.89. The summed E-state index contributed by atoms with van der Waals surface area (Å²) in [7, 11) is 1.53. The van der Waals surface area contributed by atoms with Crippen LogP contribution in [0.4, 0.5) is 0 Å². The maximum Gasteiger partial charge on any atom is 0.314 e. The highest BCUT2D eigenvalue weighted by molar-refractivity contribution is 6.42. The first-order valence-electron chi connectivity index (χ1n) is 12.7. The maximum absolute atomic E-state index is 14.1. The Balaban J connectivity index is 1.36. The van der Waals surface area contributed by atoms with Crippen molar-refractivity contribution in [3.8, 4) is 28.7 Å². The number of carbonyl (C=O) groups excluding carboxylic acids is 2. The van der Waals surface area contributed by atoms with Crippen LogP contribution in [0.3, 0.4) is 0 Å². The monoisotopic (exact) mass is 583 g/mol. The number of halogens is 2. The quantitative estimate of drug-likeness (QED) is 0.428. The topological polar surface area (TPSA) is 102 Å². The lowest BCUT2D eigenvalue weighted by molar-refractivity contribution is -0.139. The summed E-state index contributed by atoms with van der Waals surface area (Å²) in [6, 6.07) is 12.7. The van der Waals surface area contributed by atoms with Gasteiger partial charge in [-0.1, -0.05) is 35.3 Å².